The third-order valence-electron chi connectivity index (χ3n) is 5.32. The van der Waals surface area contributed by atoms with Crippen molar-refractivity contribution in [2.75, 3.05) is 6.54 Å². The number of alkyl halides is 3. The maximum Gasteiger partial charge on any atom is 0.416 e. The number of thiophene rings is 1. The largest absolute Gasteiger partial charge is 0.416 e. The normalized spacial score (nSPS) is 19.1. The first-order valence-electron chi connectivity index (χ1n) is 9.07. The summed E-state index contributed by atoms with van der Waals surface area (Å²) >= 11 is 1.58. The van der Waals surface area contributed by atoms with E-state index >= 15 is 0 Å². The molecule has 0 bridgehead atoms. The summed E-state index contributed by atoms with van der Waals surface area (Å²) in [6.07, 6.45) is -3.63. The highest BCUT2D eigenvalue weighted by Gasteiger charge is 2.36. The molecule has 1 N–H and O–H groups in total. The van der Waals surface area contributed by atoms with Crippen molar-refractivity contribution >= 4 is 17.7 Å². The molecule has 0 fully saturated rings. The Morgan fingerprint density at radius 2 is 1.69 bits per heavy atom. The van der Waals surface area contributed by atoms with Crippen LogP contribution in [0.4, 0.5) is 13.2 Å². The average Bonchev–Trinajstić information content (AvgIpc) is 3.21. The van der Waals surface area contributed by atoms with Crippen molar-refractivity contribution in [3.63, 3.8) is 0 Å². The molecule has 1 aliphatic heterocycles. The van der Waals surface area contributed by atoms with Gasteiger partial charge in [0.2, 0.25) is 6.41 Å². The quantitative estimate of drug-likeness (QED) is 0.610. The Hall–Kier alpha value is -2.64. The van der Waals surface area contributed by atoms with Gasteiger partial charge < -0.3 is 10.0 Å². The van der Waals surface area contributed by atoms with Crippen molar-refractivity contribution in [2.24, 2.45) is 0 Å². The minimum atomic E-state index is -4.39. The Balaban J connectivity index is 1.73. The van der Waals surface area contributed by atoms with Crippen LogP contribution in [0.25, 0.3) is 0 Å². The third-order valence-corrected chi connectivity index (χ3v) is 6.36. The number of carbonyl (C=O) groups excluding carboxylic acids is 1. The fraction of sp³-hybridized carbons (Fsp3) is 0.227. The first kappa shape index (κ1) is 19.7. The van der Waals surface area contributed by atoms with Crippen LogP contribution in [0.1, 0.15) is 44.7 Å². The summed E-state index contributed by atoms with van der Waals surface area (Å²) in [5, 5.41) is 11.2. The van der Waals surface area contributed by atoms with Gasteiger partial charge in [-0.2, -0.15) is 13.2 Å². The zero-order valence-electron chi connectivity index (χ0n) is 15.3. The molecule has 2 aromatic carbocycles. The summed E-state index contributed by atoms with van der Waals surface area (Å²) in [5.41, 5.74) is 2.72. The molecule has 150 valence electrons. The van der Waals surface area contributed by atoms with Crippen molar-refractivity contribution in [1.82, 2.24) is 4.90 Å². The van der Waals surface area contributed by atoms with E-state index in [1.54, 1.807) is 16.2 Å². The molecule has 3 aromatic rings. The van der Waals surface area contributed by atoms with E-state index in [9.17, 15) is 23.1 Å². The fourth-order valence-electron chi connectivity index (χ4n) is 3.86. The number of hydrogen-bond donors (Lipinski definition) is 1. The Morgan fingerprint density at radius 1 is 1.03 bits per heavy atom. The van der Waals surface area contributed by atoms with Crippen LogP contribution in [0.2, 0.25) is 0 Å². The number of aliphatic hydroxyl groups excluding tert-OH is 1. The maximum absolute atomic E-state index is 12.9. The molecule has 0 aliphatic carbocycles. The average molecular weight is 417 g/mol. The molecule has 0 saturated carbocycles. The molecule has 2 unspecified atom stereocenters. The highest BCUT2D eigenvalue weighted by molar-refractivity contribution is 7.10. The second-order valence-electron chi connectivity index (χ2n) is 7.02. The lowest BCUT2D eigenvalue weighted by atomic mass is 9.85. The monoisotopic (exact) mass is 417 g/mol. The van der Waals surface area contributed by atoms with E-state index in [4.69, 9.17) is 0 Å². The second kappa shape index (κ2) is 7.65. The Kier molecular flexibility index (Phi) is 5.19. The number of nitrogens with zero attached hydrogens (tertiary/aromatic N) is 1. The Morgan fingerprint density at radius 3 is 2.28 bits per heavy atom. The van der Waals surface area contributed by atoms with E-state index in [0.717, 1.165) is 40.1 Å². The molecule has 29 heavy (non-hydrogen) atoms. The Bertz CT molecular complexity index is 996. The second-order valence-corrected chi connectivity index (χ2v) is 7.96. The van der Waals surface area contributed by atoms with E-state index < -0.39 is 17.8 Å². The van der Waals surface area contributed by atoms with Crippen molar-refractivity contribution in [3.05, 3.63) is 92.7 Å². The standard InChI is InChI=1S/C22H18F3NO2S/c23-22(24,25)17-7-5-16(6-8-17)20-18-9-10-29-21(18)19(11-26(20)13-28)15-3-1-14(12-27)2-4-15/h1-10,13,19-20,27H,11-12H2. The predicted molar refractivity (Wildman–Crippen MR) is 105 cm³/mol. The van der Waals surface area contributed by atoms with E-state index in [2.05, 4.69) is 0 Å². The minimum absolute atomic E-state index is 0.0198. The van der Waals surface area contributed by atoms with Gasteiger partial charge in [0.05, 0.1) is 18.2 Å². The van der Waals surface area contributed by atoms with Gasteiger partial charge in [-0.25, -0.2) is 0 Å². The number of rotatable bonds is 4. The van der Waals surface area contributed by atoms with Crippen LogP contribution in [-0.2, 0) is 17.6 Å². The molecule has 1 aliphatic rings. The van der Waals surface area contributed by atoms with Gasteiger partial charge in [0.25, 0.3) is 0 Å². The van der Waals surface area contributed by atoms with Crippen LogP contribution >= 0.6 is 11.3 Å². The molecule has 0 radical (unpaired) electrons. The number of hydrogen-bond acceptors (Lipinski definition) is 3. The summed E-state index contributed by atoms with van der Waals surface area (Å²) in [6.45, 7) is 0.396. The van der Waals surface area contributed by atoms with Crippen molar-refractivity contribution in [3.8, 4) is 0 Å². The van der Waals surface area contributed by atoms with Crippen LogP contribution in [0.5, 0.6) is 0 Å². The number of carbonyl (C=O) groups is 1. The number of benzene rings is 2. The van der Waals surface area contributed by atoms with Crippen LogP contribution in [0, 0.1) is 0 Å². The molecule has 7 heteroatoms. The topological polar surface area (TPSA) is 40.5 Å². The van der Waals surface area contributed by atoms with E-state index in [-0.39, 0.29) is 12.5 Å². The van der Waals surface area contributed by atoms with Crippen molar-refractivity contribution in [2.45, 2.75) is 24.7 Å². The van der Waals surface area contributed by atoms with Gasteiger partial charge in [-0.1, -0.05) is 36.4 Å². The predicted octanol–water partition coefficient (Wildman–Crippen LogP) is 4.95. The van der Waals surface area contributed by atoms with Crippen molar-refractivity contribution < 1.29 is 23.1 Å². The van der Waals surface area contributed by atoms with Gasteiger partial charge in [-0.05, 0) is 45.8 Å². The number of aliphatic hydroxyl groups is 1. The third kappa shape index (κ3) is 3.68. The molecule has 3 nitrogen and oxygen atoms in total. The van der Waals surface area contributed by atoms with Gasteiger partial charge >= 0.3 is 6.18 Å². The van der Waals surface area contributed by atoms with Crippen LogP contribution in [-0.4, -0.2) is 23.0 Å². The number of amides is 1. The van der Waals surface area contributed by atoms with Gasteiger partial charge in [0.1, 0.15) is 0 Å². The van der Waals surface area contributed by atoms with E-state index in [1.807, 2.05) is 35.7 Å². The zero-order valence-corrected chi connectivity index (χ0v) is 16.1. The van der Waals surface area contributed by atoms with Crippen molar-refractivity contribution in [1.29, 1.82) is 0 Å². The summed E-state index contributed by atoms with van der Waals surface area (Å²) in [6, 6.07) is 14.1. The minimum Gasteiger partial charge on any atom is -0.392 e. The first-order chi connectivity index (χ1) is 13.9. The molecule has 0 spiro atoms. The summed E-state index contributed by atoms with van der Waals surface area (Å²) in [5.74, 6) is -0.0198. The number of halogens is 3. The molecular formula is C22H18F3NO2S. The van der Waals surface area contributed by atoms with Gasteiger partial charge in [-0.3, -0.25) is 4.79 Å². The highest BCUT2D eigenvalue weighted by Crippen LogP contribution is 2.44. The van der Waals surface area contributed by atoms with E-state index in [0.29, 0.717) is 12.1 Å². The summed E-state index contributed by atoms with van der Waals surface area (Å²) < 4.78 is 38.7. The lowest BCUT2D eigenvalue weighted by Gasteiger charge is -2.38. The zero-order chi connectivity index (χ0) is 20.6. The Labute approximate surface area is 170 Å². The molecule has 1 amide bonds. The molecule has 2 heterocycles. The smallest absolute Gasteiger partial charge is 0.392 e. The lowest BCUT2D eigenvalue weighted by molar-refractivity contribution is -0.137. The van der Waals surface area contributed by atoms with Crippen LogP contribution < -0.4 is 0 Å². The summed E-state index contributed by atoms with van der Waals surface area (Å²) in [4.78, 5) is 14.6. The van der Waals surface area contributed by atoms with Crippen LogP contribution in [0.3, 0.4) is 0 Å². The molecule has 4 rings (SSSR count). The van der Waals surface area contributed by atoms with Gasteiger partial charge in [0, 0.05) is 17.3 Å². The summed E-state index contributed by atoms with van der Waals surface area (Å²) in [7, 11) is 0. The van der Waals surface area contributed by atoms with Gasteiger partial charge in [-0.15, -0.1) is 11.3 Å². The molecule has 2 atom stereocenters. The number of fused-ring (bicyclic) bond motifs is 1. The highest BCUT2D eigenvalue weighted by atomic mass is 32.1. The first-order valence-corrected chi connectivity index (χ1v) is 9.95. The fourth-order valence-corrected chi connectivity index (χ4v) is 4.91. The van der Waals surface area contributed by atoms with Crippen LogP contribution in [0.15, 0.2) is 60.0 Å². The SMILES string of the molecule is O=CN1CC(c2ccc(CO)cc2)c2sccc2C1c1ccc(C(F)(F)F)cc1. The lowest BCUT2D eigenvalue weighted by Crippen LogP contribution is -2.37. The molecular weight excluding hydrogens is 399 g/mol. The maximum atomic E-state index is 12.9. The van der Waals surface area contributed by atoms with Gasteiger partial charge in [0.15, 0.2) is 0 Å². The molecule has 1 aromatic heterocycles. The van der Waals surface area contributed by atoms with E-state index in [1.165, 1.54) is 12.1 Å². The molecule has 0 saturated heterocycles.